The topological polar surface area (TPSA) is 72.3 Å². The van der Waals surface area contributed by atoms with E-state index >= 15 is 0 Å². The van der Waals surface area contributed by atoms with Crippen molar-refractivity contribution in [2.24, 2.45) is 5.73 Å². The van der Waals surface area contributed by atoms with E-state index in [4.69, 9.17) is 15.3 Å². The van der Waals surface area contributed by atoms with E-state index < -0.39 is 0 Å². The number of aliphatic hydroxyl groups excluding tert-OH is 1. The fourth-order valence-electron chi connectivity index (χ4n) is 1.35. The standard InChI is InChI=1S/C10H11BrN2O2/c11-6-2-1-3-8-9(6)15-10(13-8)7(12)4-5-14/h1-3,7,14H,4-5,12H2. The lowest BCUT2D eigenvalue weighted by Crippen LogP contribution is -2.11. The van der Waals surface area contributed by atoms with E-state index in [9.17, 15) is 0 Å². The first-order valence-corrected chi connectivity index (χ1v) is 5.43. The molecule has 0 spiro atoms. The van der Waals surface area contributed by atoms with Gasteiger partial charge in [0.2, 0.25) is 5.89 Å². The van der Waals surface area contributed by atoms with Crippen LogP contribution in [0.25, 0.3) is 11.1 Å². The Bertz CT molecular complexity index is 469. The first-order chi connectivity index (χ1) is 7.22. The monoisotopic (exact) mass is 270 g/mol. The van der Waals surface area contributed by atoms with Crippen LogP contribution in [0.4, 0.5) is 0 Å². The molecular weight excluding hydrogens is 260 g/mol. The van der Waals surface area contributed by atoms with Gasteiger partial charge in [0.25, 0.3) is 0 Å². The number of para-hydroxylation sites is 1. The molecule has 0 fully saturated rings. The van der Waals surface area contributed by atoms with Crippen LogP contribution in [0, 0.1) is 0 Å². The van der Waals surface area contributed by atoms with E-state index in [-0.39, 0.29) is 12.6 Å². The second-order valence-electron chi connectivity index (χ2n) is 3.26. The van der Waals surface area contributed by atoms with Gasteiger partial charge in [-0.05, 0) is 34.5 Å². The molecule has 1 heterocycles. The summed E-state index contributed by atoms with van der Waals surface area (Å²) < 4.78 is 6.38. The summed E-state index contributed by atoms with van der Waals surface area (Å²) in [6.45, 7) is 0.0288. The maximum absolute atomic E-state index is 8.77. The number of nitrogens with two attached hydrogens (primary N) is 1. The fraction of sp³-hybridized carbons (Fsp3) is 0.300. The summed E-state index contributed by atoms with van der Waals surface area (Å²) in [4.78, 5) is 4.26. The van der Waals surface area contributed by atoms with Crippen molar-refractivity contribution in [3.05, 3.63) is 28.6 Å². The molecule has 0 aliphatic carbocycles. The Balaban J connectivity index is 2.43. The Kier molecular flexibility index (Phi) is 3.04. The molecule has 0 amide bonds. The Morgan fingerprint density at radius 3 is 3.00 bits per heavy atom. The predicted octanol–water partition coefficient (Wildman–Crippen LogP) is 1.97. The van der Waals surface area contributed by atoms with Crippen molar-refractivity contribution in [1.82, 2.24) is 4.98 Å². The molecule has 80 valence electrons. The van der Waals surface area contributed by atoms with Crippen molar-refractivity contribution in [3.63, 3.8) is 0 Å². The molecule has 3 N–H and O–H groups in total. The molecule has 1 aromatic carbocycles. The molecule has 1 aromatic heterocycles. The highest BCUT2D eigenvalue weighted by atomic mass is 79.9. The highest BCUT2D eigenvalue weighted by molar-refractivity contribution is 9.10. The van der Waals surface area contributed by atoms with Gasteiger partial charge in [0.1, 0.15) is 5.52 Å². The molecule has 15 heavy (non-hydrogen) atoms. The molecule has 0 radical (unpaired) electrons. The van der Waals surface area contributed by atoms with E-state index in [2.05, 4.69) is 20.9 Å². The van der Waals surface area contributed by atoms with E-state index in [0.29, 0.717) is 17.9 Å². The normalized spacial score (nSPS) is 13.3. The molecule has 0 bridgehead atoms. The van der Waals surface area contributed by atoms with Crippen LogP contribution in [0.1, 0.15) is 18.4 Å². The number of oxazole rings is 1. The fourth-order valence-corrected chi connectivity index (χ4v) is 1.79. The van der Waals surface area contributed by atoms with Crippen LogP contribution in [0.3, 0.4) is 0 Å². The molecule has 0 saturated carbocycles. The van der Waals surface area contributed by atoms with Gasteiger partial charge in [0, 0.05) is 6.61 Å². The highest BCUT2D eigenvalue weighted by Gasteiger charge is 2.14. The lowest BCUT2D eigenvalue weighted by molar-refractivity contribution is 0.268. The number of hydrogen-bond acceptors (Lipinski definition) is 4. The lowest BCUT2D eigenvalue weighted by atomic mass is 10.2. The van der Waals surface area contributed by atoms with Crippen molar-refractivity contribution in [1.29, 1.82) is 0 Å². The van der Waals surface area contributed by atoms with Crippen molar-refractivity contribution in [2.45, 2.75) is 12.5 Å². The second kappa shape index (κ2) is 4.30. The Morgan fingerprint density at radius 1 is 1.53 bits per heavy atom. The van der Waals surface area contributed by atoms with Crippen LogP contribution in [-0.4, -0.2) is 16.7 Å². The van der Waals surface area contributed by atoms with Crippen LogP contribution in [0.15, 0.2) is 27.1 Å². The van der Waals surface area contributed by atoms with Gasteiger partial charge >= 0.3 is 0 Å². The molecule has 0 aliphatic rings. The zero-order valence-electron chi connectivity index (χ0n) is 7.98. The number of aliphatic hydroxyl groups is 1. The number of hydrogen-bond donors (Lipinski definition) is 2. The van der Waals surface area contributed by atoms with Gasteiger partial charge in [-0.25, -0.2) is 4.98 Å². The van der Waals surface area contributed by atoms with Crippen LogP contribution < -0.4 is 5.73 Å². The molecule has 2 rings (SSSR count). The summed E-state index contributed by atoms with van der Waals surface area (Å²) in [6, 6.07) is 5.28. The maximum Gasteiger partial charge on any atom is 0.212 e. The van der Waals surface area contributed by atoms with Crippen LogP contribution in [-0.2, 0) is 0 Å². The maximum atomic E-state index is 8.77. The van der Waals surface area contributed by atoms with Crippen molar-refractivity contribution >= 4 is 27.0 Å². The zero-order chi connectivity index (χ0) is 10.8. The second-order valence-corrected chi connectivity index (χ2v) is 4.11. The third-order valence-electron chi connectivity index (χ3n) is 2.14. The molecule has 1 atom stereocenters. The van der Waals surface area contributed by atoms with Gasteiger partial charge in [-0.1, -0.05) is 6.07 Å². The predicted molar refractivity (Wildman–Crippen MR) is 60.3 cm³/mol. The minimum absolute atomic E-state index is 0.0288. The minimum Gasteiger partial charge on any atom is -0.438 e. The van der Waals surface area contributed by atoms with Gasteiger partial charge in [0.15, 0.2) is 5.58 Å². The number of nitrogens with zero attached hydrogens (tertiary/aromatic N) is 1. The average molecular weight is 271 g/mol. The average Bonchev–Trinajstić information content (AvgIpc) is 2.63. The Labute approximate surface area is 95.2 Å². The summed E-state index contributed by atoms with van der Waals surface area (Å²) in [5.74, 6) is 0.464. The van der Waals surface area contributed by atoms with Crippen molar-refractivity contribution in [3.8, 4) is 0 Å². The molecule has 1 unspecified atom stereocenters. The van der Waals surface area contributed by atoms with Crippen LogP contribution in [0.2, 0.25) is 0 Å². The van der Waals surface area contributed by atoms with E-state index in [0.717, 1.165) is 9.99 Å². The quantitative estimate of drug-likeness (QED) is 0.895. The Hall–Kier alpha value is -0.910. The van der Waals surface area contributed by atoms with Crippen molar-refractivity contribution in [2.75, 3.05) is 6.61 Å². The minimum atomic E-state index is -0.353. The van der Waals surface area contributed by atoms with Crippen molar-refractivity contribution < 1.29 is 9.52 Å². The van der Waals surface area contributed by atoms with Crippen LogP contribution in [0.5, 0.6) is 0 Å². The zero-order valence-corrected chi connectivity index (χ0v) is 9.57. The molecule has 5 heteroatoms. The molecule has 0 saturated heterocycles. The number of aromatic nitrogens is 1. The summed E-state index contributed by atoms with van der Waals surface area (Å²) in [5.41, 5.74) is 7.25. The number of rotatable bonds is 3. The smallest absolute Gasteiger partial charge is 0.212 e. The number of benzene rings is 1. The molecule has 2 aromatic rings. The lowest BCUT2D eigenvalue weighted by Gasteiger charge is -2.02. The first kappa shape index (κ1) is 10.6. The summed E-state index contributed by atoms with van der Waals surface area (Å²) in [5, 5.41) is 8.77. The highest BCUT2D eigenvalue weighted by Crippen LogP contribution is 2.26. The molecule has 0 aliphatic heterocycles. The summed E-state index contributed by atoms with van der Waals surface area (Å²) >= 11 is 3.37. The van der Waals surface area contributed by atoms with Crippen LogP contribution >= 0.6 is 15.9 Å². The number of halogens is 1. The van der Waals surface area contributed by atoms with Gasteiger partial charge in [-0.3, -0.25) is 0 Å². The summed E-state index contributed by atoms with van der Waals surface area (Å²) in [7, 11) is 0. The Morgan fingerprint density at radius 2 is 2.33 bits per heavy atom. The van der Waals surface area contributed by atoms with E-state index in [1.54, 1.807) is 0 Å². The van der Waals surface area contributed by atoms with E-state index in [1.165, 1.54) is 0 Å². The van der Waals surface area contributed by atoms with E-state index in [1.807, 2.05) is 18.2 Å². The van der Waals surface area contributed by atoms with Gasteiger partial charge in [0.05, 0.1) is 10.5 Å². The summed E-state index contributed by atoms with van der Waals surface area (Å²) in [6.07, 6.45) is 0.449. The number of fused-ring (bicyclic) bond motifs is 1. The largest absolute Gasteiger partial charge is 0.438 e. The SMILES string of the molecule is NC(CCO)c1nc2cccc(Br)c2o1. The van der Waals surface area contributed by atoms with Gasteiger partial charge < -0.3 is 15.3 Å². The molecule has 4 nitrogen and oxygen atoms in total. The first-order valence-electron chi connectivity index (χ1n) is 4.63. The molecular formula is C10H11BrN2O2. The van der Waals surface area contributed by atoms with Gasteiger partial charge in [-0.2, -0.15) is 0 Å². The third kappa shape index (κ3) is 2.04. The van der Waals surface area contributed by atoms with Gasteiger partial charge in [-0.15, -0.1) is 0 Å². The third-order valence-corrected chi connectivity index (χ3v) is 2.77.